The fourth-order valence-electron chi connectivity index (χ4n) is 2.78. The molecule has 142 valence electrons. The van der Waals surface area contributed by atoms with Crippen LogP contribution in [-0.2, 0) is 14.4 Å². The van der Waals surface area contributed by atoms with Gasteiger partial charge in [-0.2, -0.15) is 0 Å². The maximum Gasteiger partial charge on any atom is 0.245 e. The number of thiazole rings is 1. The number of benzene rings is 1. The zero-order chi connectivity index (χ0) is 19.4. The average molecular weight is 388 g/mol. The molecule has 0 radical (unpaired) electrons. The Morgan fingerprint density at radius 3 is 2.70 bits per heavy atom. The Kier molecular flexibility index (Phi) is 5.70. The van der Waals surface area contributed by atoms with Gasteiger partial charge in [-0.1, -0.05) is 0 Å². The second-order valence-corrected chi connectivity index (χ2v) is 7.02. The van der Waals surface area contributed by atoms with E-state index in [0.717, 1.165) is 5.69 Å². The van der Waals surface area contributed by atoms with Gasteiger partial charge in [-0.15, -0.1) is 11.3 Å². The van der Waals surface area contributed by atoms with Gasteiger partial charge in [0, 0.05) is 24.0 Å². The summed E-state index contributed by atoms with van der Waals surface area (Å²) in [7, 11) is 1.57. The molecule has 3 rings (SSSR count). The lowest BCUT2D eigenvalue weighted by Crippen LogP contribution is -2.37. The summed E-state index contributed by atoms with van der Waals surface area (Å²) in [6, 6.07) is 7.09. The number of aromatic nitrogens is 1. The number of anilines is 2. The molecular formula is C18H20N4O4S. The normalized spacial score (nSPS) is 16.3. The third-order valence-corrected chi connectivity index (χ3v) is 5.04. The highest BCUT2D eigenvalue weighted by Gasteiger charge is 2.35. The number of hydrogen-bond donors (Lipinski definition) is 2. The van der Waals surface area contributed by atoms with E-state index in [0.29, 0.717) is 16.6 Å². The van der Waals surface area contributed by atoms with E-state index in [1.54, 1.807) is 36.3 Å². The zero-order valence-electron chi connectivity index (χ0n) is 15.0. The fraction of sp³-hybridized carbons (Fsp3) is 0.333. The molecule has 0 unspecified atom stereocenters. The van der Waals surface area contributed by atoms with E-state index in [4.69, 9.17) is 4.74 Å². The summed E-state index contributed by atoms with van der Waals surface area (Å²) in [4.78, 5) is 42.2. The number of carbonyl (C=O) groups is 3. The van der Waals surface area contributed by atoms with Gasteiger partial charge in [-0.3, -0.25) is 14.4 Å². The van der Waals surface area contributed by atoms with Gasteiger partial charge >= 0.3 is 0 Å². The fourth-order valence-corrected chi connectivity index (χ4v) is 3.49. The first kappa shape index (κ1) is 18.8. The van der Waals surface area contributed by atoms with E-state index in [9.17, 15) is 14.4 Å². The summed E-state index contributed by atoms with van der Waals surface area (Å²) in [6.45, 7) is 1.95. The van der Waals surface area contributed by atoms with Crippen molar-refractivity contribution in [3.05, 3.63) is 35.3 Å². The van der Waals surface area contributed by atoms with Gasteiger partial charge in [-0.05, 0) is 31.2 Å². The van der Waals surface area contributed by atoms with Gasteiger partial charge < -0.3 is 20.3 Å². The van der Waals surface area contributed by atoms with E-state index in [-0.39, 0.29) is 37.2 Å². The van der Waals surface area contributed by atoms with Crippen molar-refractivity contribution in [1.82, 2.24) is 10.3 Å². The Morgan fingerprint density at radius 2 is 2.07 bits per heavy atom. The lowest BCUT2D eigenvalue weighted by Gasteiger charge is -2.17. The van der Waals surface area contributed by atoms with Crippen molar-refractivity contribution in [3.63, 3.8) is 0 Å². The minimum Gasteiger partial charge on any atom is -0.497 e. The van der Waals surface area contributed by atoms with Crippen LogP contribution in [0.2, 0.25) is 0 Å². The molecule has 0 saturated carbocycles. The quantitative estimate of drug-likeness (QED) is 0.782. The Labute approximate surface area is 160 Å². The van der Waals surface area contributed by atoms with Crippen LogP contribution in [0.3, 0.4) is 0 Å². The maximum atomic E-state index is 12.3. The van der Waals surface area contributed by atoms with Crippen molar-refractivity contribution in [2.24, 2.45) is 5.92 Å². The minimum atomic E-state index is -0.491. The van der Waals surface area contributed by atoms with Crippen LogP contribution in [0.5, 0.6) is 5.75 Å². The Hall–Kier alpha value is -2.94. The van der Waals surface area contributed by atoms with Gasteiger partial charge in [-0.25, -0.2) is 4.98 Å². The summed E-state index contributed by atoms with van der Waals surface area (Å²) in [5.74, 6) is -0.586. The van der Waals surface area contributed by atoms with E-state index in [1.807, 2.05) is 12.3 Å². The number of carbonyl (C=O) groups excluding carboxylic acids is 3. The molecule has 1 aromatic carbocycles. The van der Waals surface area contributed by atoms with E-state index < -0.39 is 5.92 Å². The number of nitrogens with zero attached hydrogens (tertiary/aromatic N) is 2. The Bertz CT molecular complexity index is 849. The standard InChI is InChI=1S/C18H20N4O4S/c1-11-10-27-18(20-11)21-15(23)8-19-17(25)12-7-16(24)22(9-12)13-3-5-14(26-2)6-4-13/h3-6,10,12H,7-9H2,1-2H3,(H,19,25)(H,20,21,23)/t12-/m0/s1. The second-order valence-electron chi connectivity index (χ2n) is 6.16. The summed E-state index contributed by atoms with van der Waals surface area (Å²) in [6.07, 6.45) is 0.116. The van der Waals surface area contributed by atoms with E-state index >= 15 is 0 Å². The molecule has 2 heterocycles. The molecule has 3 amide bonds. The zero-order valence-corrected chi connectivity index (χ0v) is 15.8. The molecule has 1 saturated heterocycles. The highest BCUT2D eigenvalue weighted by molar-refractivity contribution is 7.13. The molecule has 1 aliphatic rings. The number of ether oxygens (including phenoxy) is 1. The number of aryl methyl sites for hydroxylation is 1. The van der Waals surface area contributed by atoms with Crippen molar-refractivity contribution in [2.45, 2.75) is 13.3 Å². The van der Waals surface area contributed by atoms with Gasteiger partial charge in [0.25, 0.3) is 0 Å². The lowest BCUT2D eigenvalue weighted by atomic mass is 10.1. The summed E-state index contributed by atoms with van der Waals surface area (Å²) < 4.78 is 5.11. The smallest absolute Gasteiger partial charge is 0.245 e. The molecule has 9 heteroatoms. The molecule has 27 heavy (non-hydrogen) atoms. The number of hydrogen-bond acceptors (Lipinski definition) is 6. The van der Waals surface area contributed by atoms with Crippen LogP contribution in [-0.4, -0.2) is 42.9 Å². The van der Waals surface area contributed by atoms with Crippen molar-refractivity contribution >= 4 is 39.9 Å². The molecule has 0 spiro atoms. The SMILES string of the molecule is COc1ccc(N2C[C@@H](C(=O)NCC(=O)Nc3nc(C)cs3)CC2=O)cc1. The largest absolute Gasteiger partial charge is 0.497 e. The summed E-state index contributed by atoms with van der Waals surface area (Å²) in [5, 5.41) is 7.54. The van der Waals surface area contributed by atoms with Crippen LogP contribution in [0.15, 0.2) is 29.6 Å². The third kappa shape index (κ3) is 4.62. The molecule has 1 aliphatic heterocycles. The average Bonchev–Trinajstić information content (AvgIpc) is 3.25. The van der Waals surface area contributed by atoms with Crippen molar-refractivity contribution in [2.75, 3.05) is 30.4 Å². The molecule has 0 bridgehead atoms. The van der Waals surface area contributed by atoms with Crippen molar-refractivity contribution in [1.29, 1.82) is 0 Å². The van der Waals surface area contributed by atoms with Crippen molar-refractivity contribution in [3.8, 4) is 5.75 Å². The number of amides is 3. The molecule has 2 aromatic rings. The van der Waals surface area contributed by atoms with Gasteiger partial charge in [0.15, 0.2) is 5.13 Å². The van der Waals surface area contributed by atoms with Crippen LogP contribution in [0.25, 0.3) is 0 Å². The molecule has 1 aromatic heterocycles. The van der Waals surface area contributed by atoms with Crippen LogP contribution >= 0.6 is 11.3 Å². The summed E-state index contributed by atoms with van der Waals surface area (Å²) >= 11 is 1.32. The minimum absolute atomic E-state index is 0.116. The lowest BCUT2D eigenvalue weighted by molar-refractivity contribution is -0.127. The predicted octanol–water partition coefficient (Wildman–Crippen LogP) is 1.57. The highest BCUT2D eigenvalue weighted by Crippen LogP contribution is 2.26. The van der Waals surface area contributed by atoms with Gasteiger partial charge in [0.2, 0.25) is 17.7 Å². The number of nitrogens with one attached hydrogen (secondary N) is 2. The third-order valence-electron chi connectivity index (χ3n) is 4.17. The molecule has 1 fully saturated rings. The molecule has 8 nitrogen and oxygen atoms in total. The van der Waals surface area contributed by atoms with Crippen LogP contribution < -0.4 is 20.3 Å². The number of rotatable bonds is 6. The predicted molar refractivity (Wildman–Crippen MR) is 102 cm³/mol. The summed E-state index contributed by atoms with van der Waals surface area (Å²) in [5.41, 5.74) is 1.54. The first-order valence-corrected chi connectivity index (χ1v) is 9.28. The maximum absolute atomic E-state index is 12.3. The molecule has 2 N–H and O–H groups in total. The first-order valence-electron chi connectivity index (χ1n) is 8.40. The Balaban J connectivity index is 1.51. The van der Waals surface area contributed by atoms with E-state index in [2.05, 4.69) is 15.6 Å². The Morgan fingerprint density at radius 1 is 1.33 bits per heavy atom. The van der Waals surface area contributed by atoms with E-state index in [1.165, 1.54) is 11.3 Å². The molecular weight excluding hydrogens is 368 g/mol. The van der Waals surface area contributed by atoms with Gasteiger partial charge in [0.1, 0.15) is 5.75 Å². The van der Waals surface area contributed by atoms with Crippen LogP contribution in [0.1, 0.15) is 12.1 Å². The monoisotopic (exact) mass is 388 g/mol. The first-order chi connectivity index (χ1) is 13.0. The number of methoxy groups -OCH3 is 1. The van der Waals surface area contributed by atoms with Crippen LogP contribution in [0.4, 0.5) is 10.8 Å². The van der Waals surface area contributed by atoms with Crippen LogP contribution in [0, 0.1) is 12.8 Å². The molecule has 1 atom stereocenters. The highest BCUT2D eigenvalue weighted by atomic mass is 32.1. The van der Waals surface area contributed by atoms with Gasteiger partial charge in [0.05, 0.1) is 25.3 Å². The van der Waals surface area contributed by atoms with Crippen molar-refractivity contribution < 1.29 is 19.1 Å². The molecule has 0 aliphatic carbocycles. The second kappa shape index (κ2) is 8.17. The topological polar surface area (TPSA) is 101 Å².